The molecule has 1 amide bonds. The Labute approximate surface area is 168 Å². The first-order valence-corrected chi connectivity index (χ1v) is 9.56. The van der Waals surface area contributed by atoms with Gasteiger partial charge in [0, 0.05) is 30.8 Å². The molecule has 0 atom stereocenters. The van der Waals surface area contributed by atoms with Gasteiger partial charge in [0.15, 0.2) is 0 Å². The molecule has 1 N–H and O–H groups in total. The number of hydrogen-bond acceptors (Lipinski definition) is 6. The van der Waals surface area contributed by atoms with Crippen LogP contribution in [0.15, 0.2) is 48.5 Å². The molecule has 1 heterocycles. The van der Waals surface area contributed by atoms with Gasteiger partial charge in [-0.2, -0.15) is 0 Å². The van der Waals surface area contributed by atoms with E-state index in [9.17, 15) is 19.7 Å². The molecule has 1 aliphatic rings. The van der Waals surface area contributed by atoms with Crippen LogP contribution in [-0.4, -0.2) is 36.5 Å². The summed E-state index contributed by atoms with van der Waals surface area (Å²) in [5.41, 5.74) is 1.72. The smallest absolute Gasteiger partial charge is 0.338 e. The van der Waals surface area contributed by atoms with Gasteiger partial charge in [0.2, 0.25) is 5.91 Å². The standard InChI is InChI=1S/C21H23N3O5/c1-2-29-21(26)16-7-9-17(10-8-16)22-20(25)15-11-13-23(14-12-15)18-5-3-4-6-19(18)24(27)28/h3-10,15H,2,11-14H2,1H3,(H,22,25). The fourth-order valence-electron chi connectivity index (χ4n) is 3.42. The Hall–Kier alpha value is -3.42. The number of nitro benzene ring substituents is 1. The van der Waals surface area contributed by atoms with Gasteiger partial charge < -0.3 is 15.0 Å². The first-order chi connectivity index (χ1) is 14.0. The van der Waals surface area contributed by atoms with Gasteiger partial charge in [-0.05, 0) is 50.1 Å². The van der Waals surface area contributed by atoms with Crippen molar-refractivity contribution in [2.45, 2.75) is 19.8 Å². The number of carbonyl (C=O) groups excluding carboxylic acids is 2. The molecule has 0 spiro atoms. The molecule has 29 heavy (non-hydrogen) atoms. The minimum Gasteiger partial charge on any atom is -0.462 e. The average molecular weight is 397 g/mol. The summed E-state index contributed by atoms with van der Waals surface area (Å²) in [5.74, 6) is -0.650. The van der Waals surface area contributed by atoms with Gasteiger partial charge in [-0.1, -0.05) is 12.1 Å². The third-order valence-corrected chi connectivity index (χ3v) is 4.95. The second-order valence-electron chi connectivity index (χ2n) is 6.79. The molecule has 0 aromatic heterocycles. The number of hydrogen-bond donors (Lipinski definition) is 1. The molecule has 0 bridgehead atoms. The number of carbonyl (C=O) groups is 2. The molecule has 2 aromatic rings. The van der Waals surface area contributed by atoms with E-state index >= 15 is 0 Å². The zero-order valence-electron chi connectivity index (χ0n) is 16.2. The van der Waals surface area contributed by atoms with Crippen LogP contribution in [-0.2, 0) is 9.53 Å². The minimum atomic E-state index is -0.396. The molecule has 152 valence electrons. The van der Waals surface area contributed by atoms with Crippen LogP contribution in [0.1, 0.15) is 30.1 Å². The molecular formula is C21H23N3O5. The van der Waals surface area contributed by atoms with Crippen molar-refractivity contribution in [3.05, 3.63) is 64.2 Å². The van der Waals surface area contributed by atoms with Gasteiger partial charge in [0.25, 0.3) is 5.69 Å². The third-order valence-electron chi connectivity index (χ3n) is 4.95. The Morgan fingerprint density at radius 2 is 1.79 bits per heavy atom. The van der Waals surface area contributed by atoms with Crippen LogP contribution < -0.4 is 10.2 Å². The number of nitrogens with zero attached hydrogens (tertiary/aromatic N) is 2. The summed E-state index contributed by atoms with van der Waals surface area (Å²) in [4.78, 5) is 37.1. The molecule has 0 radical (unpaired) electrons. The predicted octanol–water partition coefficient (Wildman–Crippen LogP) is 3.63. The summed E-state index contributed by atoms with van der Waals surface area (Å²) in [6, 6.07) is 13.2. The van der Waals surface area contributed by atoms with E-state index in [0.717, 1.165) is 0 Å². The molecule has 1 saturated heterocycles. The number of rotatable bonds is 6. The summed E-state index contributed by atoms with van der Waals surface area (Å²) in [6.45, 7) is 3.20. The molecule has 1 aliphatic heterocycles. The zero-order chi connectivity index (χ0) is 20.8. The maximum atomic E-state index is 12.6. The first kappa shape index (κ1) is 20.3. The fraction of sp³-hybridized carbons (Fsp3) is 0.333. The molecule has 0 unspecified atom stereocenters. The molecule has 2 aromatic carbocycles. The minimum absolute atomic E-state index is 0.0806. The second-order valence-corrected chi connectivity index (χ2v) is 6.79. The van der Waals surface area contributed by atoms with Crippen LogP contribution in [0.4, 0.5) is 17.1 Å². The van der Waals surface area contributed by atoms with Crippen molar-refractivity contribution >= 4 is 28.9 Å². The van der Waals surface area contributed by atoms with Crippen molar-refractivity contribution in [1.29, 1.82) is 0 Å². The van der Waals surface area contributed by atoms with Crippen LogP contribution in [0.25, 0.3) is 0 Å². The van der Waals surface area contributed by atoms with Gasteiger partial charge in [0.1, 0.15) is 5.69 Å². The predicted molar refractivity (Wildman–Crippen MR) is 109 cm³/mol. The molecule has 1 fully saturated rings. The molecule has 0 aliphatic carbocycles. The molecular weight excluding hydrogens is 374 g/mol. The Kier molecular flexibility index (Phi) is 6.43. The Bertz CT molecular complexity index is 889. The maximum absolute atomic E-state index is 12.6. The number of para-hydroxylation sites is 2. The summed E-state index contributed by atoms with van der Waals surface area (Å²) < 4.78 is 4.94. The van der Waals surface area contributed by atoms with Crippen molar-refractivity contribution in [3.8, 4) is 0 Å². The lowest BCUT2D eigenvalue weighted by atomic mass is 9.95. The largest absolute Gasteiger partial charge is 0.462 e. The van der Waals surface area contributed by atoms with E-state index in [2.05, 4.69) is 5.32 Å². The number of amides is 1. The lowest BCUT2D eigenvalue weighted by Crippen LogP contribution is -2.38. The van der Waals surface area contributed by atoms with E-state index in [1.165, 1.54) is 6.07 Å². The van der Waals surface area contributed by atoms with E-state index in [-0.39, 0.29) is 22.4 Å². The number of nitrogens with one attached hydrogen (secondary N) is 1. The summed E-state index contributed by atoms with van der Waals surface area (Å²) in [7, 11) is 0. The van der Waals surface area contributed by atoms with Crippen LogP contribution in [0.3, 0.4) is 0 Å². The van der Waals surface area contributed by atoms with Crippen LogP contribution in [0.5, 0.6) is 0 Å². The highest BCUT2D eigenvalue weighted by molar-refractivity contribution is 5.94. The molecule has 0 saturated carbocycles. The number of anilines is 2. The van der Waals surface area contributed by atoms with E-state index in [4.69, 9.17) is 4.74 Å². The quantitative estimate of drug-likeness (QED) is 0.454. The molecule has 3 rings (SSSR count). The van der Waals surface area contributed by atoms with Crippen LogP contribution in [0.2, 0.25) is 0 Å². The van der Waals surface area contributed by atoms with Gasteiger partial charge in [0.05, 0.1) is 17.1 Å². The van der Waals surface area contributed by atoms with Crippen LogP contribution in [0, 0.1) is 16.0 Å². The third kappa shape index (κ3) is 4.90. The topological polar surface area (TPSA) is 102 Å². The fourth-order valence-corrected chi connectivity index (χ4v) is 3.42. The normalized spacial score (nSPS) is 14.3. The zero-order valence-corrected chi connectivity index (χ0v) is 16.2. The van der Waals surface area contributed by atoms with Crippen molar-refractivity contribution in [3.63, 3.8) is 0 Å². The van der Waals surface area contributed by atoms with Gasteiger partial charge in [-0.25, -0.2) is 4.79 Å². The highest BCUT2D eigenvalue weighted by atomic mass is 16.6. The highest BCUT2D eigenvalue weighted by Crippen LogP contribution is 2.31. The van der Waals surface area contributed by atoms with Gasteiger partial charge in [-0.3, -0.25) is 14.9 Å². The van der Waals surface area contributed by atoms with Crippen molar-refractivity contribution in [2.75, 3.05) is 29.9 Å². The number of piperidine rings is 1. The average Bonchev–Trinajstić information content (AvgIpc) is 2.74. The number of nitro groups is 1. The van der Waals surface area contributed by atoms with Gasteiger partial charge >= 0.3 is 5.97 Å². The van der Waals surface area contributed by atoms with E-state index < -0.39 is 5.97 Å². The van der Waals surface area contributed by atoms with Crippen molar-refractivity contribution < 1.29 is 19.2 Å². The van der Waals surface area contributed by atoms with E-state index in [1.54, 1.807) is 49.4 Å². The summed E-state index contributed by atoms with van der Waals surface area (Å²) in [6.07, 6.45) is 1.22. The Balaban J connectivity index is 1.57. The number of benzene rings is 2. The Morgan fingerprint density at radius 3 is 2.41 bits per heavy atom. The maximum Gasteiger partial charge on any atom is 0.338 e. The highest BCUT2D eigenvalue weighted by Gasteiger charge is 2.28. The van der Waals surface area contributed by atoms with Crippen molar-refractivity contribution in [2.24, 2.45) is 5.92 Å². The van der Waals surface area contributed by atoms with Crippen molar-refractivity contribution in [1.82, 2.24) is 0 Å². The van der Waals surface area contributed by atoms with E-state index in [0.29, 0.717) is 49.5 Å². The van der Waals surface area contributed by atoms with Gasteiger partial charge in [-0.15, -0.1) is 0 Å². The molecule has 8 heteroatoms. The Morgan fingerprint density at radius 1 is 1.14 bits per heavy atom. The first-order valence-electron chi connectivity index (χ1n) is 9.56. The lowest BCUT2D eigenvalue weighted by Gasteiger charge is -2.32. The summed E-state index contributed by atoms with van der Waals surface area (Å²) in [5, 5.41) is 14.1. The SMILES string of the molecule is CCOC(=O)c1ccc(NC(=O)C2CCN(c3ccccc3[N+](=O)[O-])CC2)cc1. The second kappa shape index (κ2) is 9.18. The molecule has 8 nitrogen and oxygen atoms in total. The summed E-state index contributed by atoms with van der Waals surface area (Å²) >= 11 is 0. The van der Waals surface area contributed by atoms with E-state index in [1.807, 2.05) is 4.90 Å². The number of ether oxygens (including phenoxy) is 1. The lowest BCUT2D eigenvalue weighted by molar-refractivity contribution is -0.384. The van der Waals surface area contributed by atoms with Crippen LogP contribution >= 0.6 is 0 Å². The number of esters is 1. The monoisotopic (exact) mass is 397 g/mol.